The predicted octanol–water partition coefficient (Wildman–Crippen LogP) is 3.32. The minimum absolute atomic E-state index is 0.0357. The van der Waals surface area contributed by atoms with Crippen LogP contribution in [0.25, 0.3) is 0 Å². The molecule has 1 aromatic heterocycles. The van der Waals surface area contributed by atoms with Crippen molar-refractivity contribution in [3.8, 4) is 5.75 Å². The Morgan fingerprint density at radius 2 is 2.17 bits per heavy atom. The molecule has 1 aliphatic heterocycles. The van der Waals surface area contributed by atoms with Gasteiger partial charge in [0.25, 0.3) is 5.91 Å². The van der Waals surface area contributed by atoms with Gasteiger partial charge in [0.15, 0.2) is 6.04 Å². The van der Waals surface area contributed by atoms with Crippen molar-refractivity contribution in [2.45, 2.75) is 37.6 Å². The van der Waals surface area contributed by atoms with Gasteiger partial charge in [0.05, 0.1) is 26.0 Å². The third-order valence-corrected chi connectivity index (χ3v) is 4.77. The van der Waals surface area contributed by atoms with E-state index in [9.17, 15) is 18.0 Å². The van der Waals surface area contributed by atoms with Crippen molar-refractivity contribution in [1.29, 1.82) is 0 Å². The van der Waals surface area contributed by atoms with Crippen LogP contribution in [0.5, 0.6) is 5.75 Å². The van der Waals surface area contributed by atoms with Crippen LogP contribution in [0.4, 0.5) is 19.0 Å². The van der Waals surface area contributed by atoms with Gasteiger partial charge in [0.2, 0.25) is 0 Å². The summed E-state index contributed by atoms with van der Waals surface area (Å²) in [5.41, 5.74) is 0.681. The minimum Gasteiger partial charge on any atom is -0.497 e. The van der Waals surface area contributed by atoms with Gasteiger partial charge in [-0.15, -0.1) is 0 Å². The number of rotatable bonds is 6. The standard InChI is InChI=1S/C19H23F3N4O3/c1-11(10-28-2)24-18(27)14-9-23-26-16(19(20,21)22)8-15(25-17(14)26)12-5-4-6-13(7-12)29-3/h4-7,9,11,15-16,25H,8,10H2,1-3H3,(H,24,27). The van der Waals surface area contributed by atoms with Crippen LogP contribution >= 0.6 is 0 Å². The van der Waals surface area contributed by atoms with Gasteiger partial charge >= 0.3 is 6.18 Å². The smallest absolute Gasteiger partial charge is 0.410 e. The molecule has 2 N–H and O–H groups in total. The van der Waals surface area contributed by atoms with E-state index in [1.54, 1.807) is 31.2 Å². The molecule has 3 unspecified atom stereocenters. The Hall–Kier alpha value is -2.75. The van der Waals surface area contributed by atoms with Crippen molar-refractivity contribution < 1.29 is 27.4 Å². The summed E-state index contributed by atoms with van der Waals surface area (Å²) in [6, 6.07) is 4.01. The van der Waals surface area contributed by atoms with Crippen LogP contribution in [0.1, 0.15) is 41.3 Å². The lowest BCUT2D eigenvalue weighted by atomic mass is 9.96. The molecule has 0 radical (unpaired) electrons. The molecule has 158 valence electrons. The number of nitrogens with one attached hydrogen (secondary N) is 2. The molecule has 0 saturated carbocycles. The number of benzene rings is 1. The van der Waals surface area contributed by atoms with Crippen LogP contribution in [-0.4, -0.2) is 48.7 Å². The number of methoxy groups -OCH3 is 2. The second-order valence-corrected chi connectivity index (χ2v) is 6.95. The van der Waals surface area contributed by atoms with E-state index in [0.29, 0.717) is 11.3 Å². The number of carbonyl (C=O) groups excluding carboxylic acids is 1. The van der Waals surface area contributed by atoms with E-state index in [-0.39, 0.29) is 30.5 Å². The van der Waals surface area contributed by atoms with Gasteiger partial charge in [-0.1, -0.05) is 12.1 Å². The number of anilines is 1. The van der Waals surface area contributed by atoms with Gasteiger partial charge in [0.1, 0.15) is 17.1 Å². The Bertz CT molecular complexity index is 869. The molecule has 0 bridgehead atoms. The summed E-state index contributed by atoms with van der Waals surface area (Å²) >= 11 is 0. The number of alkyl halides is 3. The van der Waals surface area contributed by atoms with Crippen molar-refractivity contribution in [3.63, 3.8) is 0 Å². The first-order valence-electron chi connectivity index (χ1n) is 9.09. The summed E-state index contributed by atoms with van der Waals surface area (Å²) < 4.78 is 52.2. The topological polar surface area (TPSA) is 77.4 Å². The summed E-state index contributed by atoms with van der Waals surface area (Å²) in [6.45, 7) is 2.02. The number of ether oxygens (including phenoxy) is 2. The lowest BCUT2D eigenvalue weighted by molar-refractivity contribution is -0.173. The number of nitrogens with zero attached hydrogens (tertiary/aromatic N) is 2. The van der Waals surface area contributed by atoms with Crippen molar-refractivity contribution in [2.24, 2.45) is 0 Å². The molecule has 2 heterocycles. The largest absolute Gasteiger partial charge is 0.497 e. The van der Waals surface area contributed by atoms with Gasteiger partial charge in [-0.05, 0) is 24.6 Å². The van der Waals surface area contributed by atoms with Crippen LogP contribution in [0, 0.1) is 0 Å². The second kappa shape index (κ2) is 8.32. The monoisotopic (exact) mass is 412 g/mol. The molecule has 29 heavy (non-hydrogen) atoms. The molecule has 3 atom stereocenters. The highest BCUT2D eigenvalue weighted by Gasteiger charge is 2.47. The fourth-order valence-corrected chi connectivity index (χ4v) is 3.40. The predicted molar refractivity (Wildman–Crippen MR) is 100 cm³/mol. The van der Waals surface area contributed by atoms with Crippen molar-refractivity contribution in [2.75, 3.05) is 26.1 Å². The number of fused-ring (bicyclic) bond motifs is 1. The van der Waals surface area contributed by atoms with E-state index >= 15 is 0 Å². The molecule has 0 saturated heterocycles. The normalized spacial score (nSPS) is 19.8. The molecule has 1 aromatic carbocycles. The molecule has 2 aromatic rings. The summed E-state index contributed by atoms with van der Waals surface area (Å²) in [4.78, 5) is 12.6. The van der Waals surface area contributed by atoms with E-state index in [1.165, 1.54) is 14.2 Å². The molecule has 3 rings (SSSR count). The van der Waals surface area contributed by atoms with Gasteiger partial charge in [0, 0.05) is 19.6 Å². The number of aromatic nitrogens is 2. The number of carbonyl (C=O) groups is 1. The van der Waals surface area contributed by atoms with Gasteiger partial charge < -0.3 is 20.1 Å². The zero-order valence-electron chi connectivity index (χ0n) is 16.3. The fraction of sp³-hybridized carbons (Fsp3) is 0.474. The summed E-state index contributed by atoms with van der Waals surface area (Å²) in [6.07, 6.45) is -3.62. The summed E-state index contributed by atoms with van der Waals surface area (Å²) in [5.74, 6) is 0.0577. The highest BCUT2D eigenvalue weighted by Crippen LogP contribution is 2.44. The summed E-state index contributed by atoms with van der Waals surface area (Å²) in [7, 11) is 2.99. The first-order valence-corrected chi connectivity index (χ1v) is 9.09. The van der Waals surface area contributed by atoms with Crippen molar-refractivity contribution in [3.05, 3.63) is 41.6 Å². The average Bonchev–Trinajstić information content (AvgIpc) is 3.10. The molecule has 0 fully saturated rings. The van der Waals surface area contributed by atoms with E-state index < -0.39 is 24.2 Å². The van der Waals surface area contributed by atoms with E-state index in [0.717, 1.165) is 10.9 Å². The van der Waals surface area contributed by atoms with E-state index in [2.05, 4.69) is 15.7 Å². The van der Waals surface area contributed by atoms with Crippen molar-refractivity contribution >= 4 is 11.7 Å². The Balaban J connectivity index is 1.96. The van der Waals surface area contributed by atoms with Crippen LogP contribution in [0.3, 0.4) is 0 Å². The Labute approximate surface area is 166 Å². The molecule has 1 amide bonds. The third-order valence-electron chi connectivity index (χ3n) is 4.77. The van der Waals surface area contributed by atoms with Gasteiger partial charge in [-0.2, -0.15) is 18.3 Å². The Morgan fingerprint density at radius 3 is 2.83 bits per heavy atom. The fourth-order valence-electron chi connectivity index (χ4n) is 3.40. The minimum atomic E-state index is -4.52. The van der Waals surface area contributed by atoms with E-state index in [4.69, 9.17) is 9.47 Å². The molecule has 0 aliphatic carbocycles. The molecule has 1 aliphatic rings. The van der Waals surface area contributed by atoms with Crippen LogP contribution < -0.4 is 15.4 Å². The lowest BCUT2D eigenvalue weighted by Gasteiger charge is -2.34. The molecule has 7 nitrogen and oxygen atoms in total. The maximum atomic E-state index is 13.7. The van der Waals surface area contributed by atoms with Crippen molar-refractivity contribution in [1.82, 2.24) is 15.1 Å². The number of hydrogen-bond acceptors (Lipinski definition) is 5. The SMILES string of the molecule is COCC(C)NC(=O)c1cnn2c1NC(c1cccc(OC)c1)CC2C(F)(F)F. The van der Waals surface area contributed by atoms with Crippen LogP contribution in [0.2, 0.25) is 0 Å². The molecule has 10 heteroatoms. The van der Waals surface area contributed by atoms with Gasteiger partial charge in [-0.25, -0.2) is 4.68 Å². The Morgan fingerprint density at radius 1 is 1.41 bits per heavy atom. The highest BCUT2D eigenvalue weighted by molar-refractivity contribution is 5.99. The zero-order chi connectivity index (χ0) is 21.2. The average molecular weight is 412 g/mol. The van der Waals surface area contributed by atoms with Crippen LogP contribution in [-0.2, 0) is 4.74 Å². The van der Waals surface area contributed by atoms with Gasteiger partial charge in [-0.3, -0.25) is 4.79 Å². The third kappa shape index (κ3) is 4.47. The number of amides is 1. The van der Waals surface area contributed by atoms with Crippen LogP contribution in [0.15, 0.2) is 30.5 Å². The highest BCUT2D eigenvalue weighted by atomic mass is 19.4. The number of hydrogen-bond donors (Lipinski definition) is 2. The zero-order valence-corrected chi connectivity index (χ0v) is 16.3. The first-order chi connectivity index (χ1) is 13.7. The maximum absolute atomic E-state index is 13.7. The molecular formula is C19H23F3N4O3. The molecular weight excluding hydrogens is 389 g/mol. The second-order valence-electron chi connectivity index (χ2n) is 6.95. The Kier molecular flexibility index (Phi) is 6.02. The first kappa shape index (κ1) is 21.0. The molecule has 0 spiro atoms. The van der Waals surface area contributed by atoms with E-state index in [1.807, 2.05) is 0 Å². The quantitative estimate of drug-likeness (QED) is 0.761. The maximum Gasteiger partial charge on any atom is 0.410 e. The summed E-state index contributed by atoms with van der Waals surface area (Å²) in [5, 5.41) is 9.61. The lowest BCUT2D eigenvalue weighted by Crippen LogP contribution is -2.38. The number of halogens is 3.